The Morgan fingerprint density at radius 3 is 2.75 bits per heavy atom. The molecule has 1 aromatic carbocycles. The number of halogens is 1. The molecule has 0 saturated heterocycles. The van der Waals surface area contributed by atoms with E-state index < -0.39 is 11.8 Å². The van der Waals surface area contributed by atoms with E-state index in [1.807, 2.05) is 0 Å². The van der Waals surface area contributed by atoms with Crippen LogP contribution in [-0.2, 0) is 11.3 Å². The number of benzene rings is 1. The lowest BCUT2D eigenvalue weighted by Crippen LogP contribution is -2.36. The van der Waals surface area contributed by atoms with Crippen LogP contribution in [0.4, 0.5) is 4.39 Å². The van der Waals surface area contributed by atoms with Gasteiger partial charge in [0.2, 0.25) is 5.91 Å². The molecule has 108 valence electrons. The largest absolute Gasteiger partial charge is 0.478 e. The summed E-state index contributed by atoms with van der Waals surface area (Å²) in [5.74, 6) is -1.66. The van der Waals surface area contributed by atoms with Crippen LogP contribution in [0.5, 0.6) is 0 Å². The second-order valence-corrected chi connectivity index (χ2v) is 5.13. The first-order chi connectivity index (χ1) is 9.45. The first-order valence-electron chi connectivity index (χ1n) is 6.45. The Hall–Kier alpha value is -1.95. The molecule has 1 saturated carbocycles. The van der Waals surface area contributed by atoms with Crippen LogP contribution in [0, 0.1) is 5.82 Å². The highest BCUT2D eigenvalue weighted by Crippen LogP contribution is 2.18. The Labute approximate surface area is 116 Å². The molecule has 0 unspecified atom stereocenters. The van der Waals surface area contributed by atoms with Gasteiger partial charge >= 0.3 is 5.97 Å². The standard InChI is InChI=1S/C14H17FN2O3/c1-17(8-13(18)16-11-3-4-11)7-10-6-9(14(19)20)2-5-12(10)15/h2,5-6,11H,3-4,7-8H2,1H3,(H,16,18)(H,19,20). The Kier molecular flexibility index (Phi) is 4.34. The SMILES string of the molecule is CN(CC(=O)NC1CC1)Cc1cc(C(=O)O)ccc1F. The number of likely N-dealkylation sites (N-methyl/N-ethyl adjacent to an activating group) is 1. The summed E-state index contributed by atoms with van der Waals surface area (Å²) < 4.78 is 13.6. The van der Waals surface area contributed by atoms with Crippen molar-refractivity contribution in [3.8, 4) is 0 Å². The Bertz CT molecular complexity index is 529. The number of carbonyl (C=O) groups is 2. The highest BCUT2D eigenvalue weighted by atomic mass is 19.1. The molecule has 0 bridgehead atoms. The molecule has 0 aliphatic heterocycles. The highest BCUT2D eigenvalue weighted by Gasteiger charge is 2.23. The summed E-state index contributed by atoms with van der Waals surface area (Å²) in [7, 11) is 1.69. The molecule has 0 atom stereocenters. The summed E-state index contributed by atoms with van der Waals surface area (Å²) >= 11 is 0. The van der Waals surface area contributed by atoms with E-state index in [4.69, 9.17) is 5.11 Å². The fraction of sp³-hybridized carbons (Fsp3) is 0.429. The number of carbonyl (C=O) groups excluding carboxylic acids is 1. The first kappa shape index (κ1) is 14.5. The molecule has 2 rings (SSSR count). The quantitative estimate of drug-likeness (QED) is 0.822. The summed E-state index contributed by atoms with van der Waals surface area (Å²) in [6.45, 7) is 0.346. The number of hydrogen-bond donors (Lipinski definition) is 2. The van der Waals surface area contributed by atoms with Gasteiger partial charge in [-0.2, -0.15) is 0 Å². The fourth-order valence-electron chi connectivity index (χ4n) is 1.92. The van der Waals surface area contributed by atoms with Crippen LogP contribution < -0.4 is 5.32 Å². The summed E-state index contributed by atoms with van der Waals surface area (Å²) in [4.78, 5) is 24.1. The van der Waals surface area contributed by atoms with Gasteiger partial charge in [-0.25, -0.2) is 9.18 Å². The molecule has 2 N–H and O–H groups in total. The van der Waals surface area contributed by atoms with Crippen LogP contribution in [-0.4, -0.2) is 41.5 Å². The second kappa shape index (κ2) is 6.00. The molecule has 0 radical (unpaired) electrons. The Balaban J connectivity index is 1.95. The van der Waals surface area contributed by atoms with Crippen molar-refractivity contribution < 1.29 is 19.1 Å². The molecule has 1 amide bonds. The minimum Gasteiger partial charge on any atom is -0.478 e. The average molecular weight is 280 g/mol. The van der Waals surface area contributed by atoms with Gasteiger partial charge in [-0.15, -0.1) is 0 Å². The van der Waals surface area contributed by atoms with Crippen LogP contribution in [0.1, 0.15) is 28.8 Å². The van der Waals surface area contributed by atoms with Gasteiger partial charge in [-0.05, 0) is 38.1 Å². The van der Waals surface area contributed by atoms with E-state index in [1.165, 1.54) is 12.1 Å². The van der Waals surface area contributed by atoms with Gasteiger partial charge in [-0.1, -0.05) is 0 Å². The maximum atomic E-state index is 13.6. The highest BCUT2D eigenvalue weighted by molar-refractivity contribution is 5.87. The second-order valence-electron chi connectivity index (χ2n) is 5.13. The summed E-state index contributed by atoms with van der Waals surface area (Å²) in [5, 5.41) is 11.7. The predicted molar refractivity (Wildman–Crippen MR) is 70.9 cm³/mol. The van der Waals surface area contributed by atoms with Gasteiger partial charge in [0.1, 0.15) is 5.82 Å². The third-order valence-electron chi connectivity index (χ3n) is 3.09. The number of carboxylic acid groups (broad SMARTS) is 1. The number of nitrogens with zero attached hydrogens (tertiary/aromatic N) is 1. The summed E-state index contributed by atoms with van der Waals surface area (Å²) in [5.41, 5.74) is 0.309. The van der Waals surface area contributed by atoms with Gasteiger partial charge in [-0.3, -0.25) is 9.69 Å². The molecule has 0 spiro atoms. The van der Waals surface area contributed by atoms with Crippen molar-refractivity contribution in [3.05, 3.63) is 35.1 Å². The normalized spacial score (nSPS) is 14.3. The van der Waals surface area contributed by atoms with Crippen LogP contribution in [0.3, 0.4) is 0 Å². The van der Waals surface area contributed by atoms with Gasteiger partial charge in [0.15, 0.2) is 0 Å². The molecular weight excluding hydrogens is 263 g/mol. The van der Waals surface area contributed by atoms with Crippen molar-refractivity contribution in [1.82, 2.24) is 10.2 Å². The predicted octanol–water partition coefficient (Wildman–Crippen LogP) is 1.23. The number of aromatic carboxylic acids is 1. The van der Waals surface area contributed by atoms with E-state index in [0.717, 1.165) is 18.9 Å². The van der Waals surface area contributed by atoms with Crippen molar-refractivity contribution in [2.75, 3.05) is 13.6 Å². The third-order valence-corrected chi connectivity index (χ3v) is 3.09. The molecule has 1 fully saturated rings. The van der Waals surface area contributed by atoms with Gasteiger partial charge in [0, 0.05) is 18.2 Å². The molecule has 1 aliphatic carbocycles. The lowest BCUT2D eigenvalue weighted by molar-refractivity contribution is -0.122. The van der Waals surface area contributed by atoms with E-state index >= 15 is 0 Å². The topological polar surface area (TPSA) is 69.6 Å². The average Bonchev–Trinajstić information content (AvgIpc) is 3.15. The monoisotopic (exact) mass is 280 g/mol. The van der Waals surface area contributed by atoms with Crippen molar-refractivity contribution in [2.45, 2.75) is 25.4 Å². The number of amides is 1. The van der Waals surface area contributed by atoms with E-state index in [9.17, 15) is 14.0 Å². The maximum Gasteiger partial charge on any atom is 0.335 e. The van der Waals surface area contributed by atoms with E-state index in [0.29, 0.717) is 6.04 Å². The number of rotatable bonds is 6. The fourth-order valence-corrected chi connectivity index (χ4v) is 1.92. The Morgan fingerprint density at radius 2 is 2.15 bits per heavy atom. The zero-order valence-electron chi connectivity index (χ0n) is 11.2. The maximum absolute atomic E-state index is 13.6. The van der Waals surface area contributed by atoms with Crippen LogP contribution in [0.25, 0.3) is 0 Å². The number of nitrogens with one attached hydrogen (secondary N) is 1. The summed E-state index contributed by atoms with van der Waals surface area (Å²) in [6.07, 6.45) is 2.04. The van der Waals surface area contributed by atoms with Gasteiger partial charge < -0.3 is 10.4 Å². The van der Waals surface area contributed by atoms with Crippen LogP contribution in [0.2, 0.25) is 0 Å². The smallest absolute Gasteiger partial charge is 0.335 e. The van der Waals surface area contributed by atoms with Crippen molar-refractivity contribution >= 4 is 11.9 Å². The minimum atomic E-state index is -1.10. The van der Waals surface area contributed by atoms with Crippen LogP contribution >= 0.6 is 0 Å². The molecule has 5 nitrogen and oxygen atoms in total. The van der Waals surface area contributed by atoms with Crippen molar-refractivity contribution in [3.63, 3.8) is 0 Å². The molecular formula is C14H17FN2O3. The first-order valence-corrected chi connectivity index (χ1v) is 6.45. The van der Waals surface area contributed by atoms with Gasteiger partial charge in [0.05, 0.1) is 12.1 Å². The molecule has 0 heterocycles. The summed E-state index contributed by atoms with van der Waals surface area (Å²) in [6, 6.07) is 3.95. The van der Waals surface area contributed by atoms with E-state index in [1.54, 1.807) is 11.9 Å². The number of carboxylic acids is 1. The third kappa shape index (κ3) is 4.03. The lowest BCUT2D eigenvalue weighted by atomic mass is 10.1. The minimum absolute atomic E-state index is 0.0391. The zero-order chi connectivity index (χ0) is 14.7. The van der Waals surface area contributed by atoms with Gasteiger partial charge in [0.25, 0.3) is 0 Å². The zero-order valence-corrected chi connectivity index (χ0v) is 11.2. The van der Waals surface area contributed by atoms with Crippen molar-refractivity contribution in [1.29, 1.82) is 0 Å². The van der Waals surface area contributed by atoms with Crippen molar-refractivity contribution in [2.24, 2.45) is 0 Å². The molecule has 20 heavy (non-hydrogen) atoms. The van der Waals surface area contributed by atoms with E-state index in [-0.39, 0.29) is 30.1 Å². The molecule has 1 aliphatic rings. The molecule has 1 aromatic rings. The Morgan fingerprint density at radius 1 is 1.45 bits per heavy atom. The van der Waals surface area contributed by atoms with E-state index in [2.05, 4.69) is 5.32 Å². The lowest BCUT2D eigenvalue weighted by Gasteiger charge is -2.17. The molecule has 0 aromatic heterocycles. The van der Waals surface area contributed by atoms with Crippen LogP contribution in [0.15, 0.2) is 18.2 Å². The number of hydrogen-bond acceptors (Lipinski definition) is 3. The molecule has 6 heteroatoms.